The van der Waals surface area contributed by atoms with Crippen molar-refractivity contribution < 1.29 is 18.1 Å². The molecule has 29 heavy (non-hydrogen) atoms. The molecule has 0 saturated carbocycles. The molecule has 2 aliphatic rings. The predicted octanol–water partition coefficient (Wildman–Crippen LogP) is 1.33. The van der Waals surface area contributed by atoms with Crippen LogP contribution in [0.5, 0.6) is 0 Å². The zero-order chi connectivity index (χ0) is 20.3. The highest BCUT2D eigenvalue weighted by Gasteiger charge is 2.34. The van der Waals surface area contributed by atoms with Crippen LogP contribution < -0.4 is 4.90 Å². The van der Waals surface area contributed by atoms with Crippen LogP contribution in [0.1, 0.15) is 30.0 Å². The molecular formula is C23H29N2O3S+. The Hall–Kier alpha value is -2.18. The minimum atomic E-state index is -2.93. The summed E-state index contributed by atoms with van der Waals surface area (Å²) in [6, 6.07) is 21.4. The van der Waals surface area contributed by atoms with E-state index in [1.807, 2.05) is 17.0 Å². The van der Waals surface area contributed by atoms with Crippen molar-refractivity contribution in [3.8, 4) is 0 Å². The fraction of sp³-hybridized carbons (Fsp3) is 0.435. The molecule has 0 bridgehead atoms. The molecule has 4 rings (SSSR count). The van der Waals surface area contributed by atoms with E-state index in [0.717, 1.165) is 26.2 Å². The van der Waals surface area contributed by atoms with Crippen LogP contribution in [0.2, 0.25) is 0 Å². The van der Waals surface area contributed by atoms with Crippen molar-refractivity contribution in [2.24, 2.45) is 5.92 Å². The van der Waals surface area contributed by atoms with E-state index >= 15 is 0 Å². The lowest BCUT2D eigenvalue weighted by molar-refractivity contribution is -0.929. The fourth-order valence-electron chi connectivity index (χ4n) is 4.70. The Labute approximate surface area is 173 Å². The van der Waals surface area contributed by atoms with Crippen molar-refractivity contribution in [1.82, 2.24) is 4.90 Å². The van der Waals surface area contributed by atoms with Crippen LogP contribution in [-0.4, -0.2) is 56.9 Å². The van der Waals surface area contributed by atoms with Gasteiger partial charge in [-0.25, -0.2) is 8.42 Å². The first-order valence-electron chi connectivity index (χ1n) is 10.4. The van der Waals surface area contributed by atoms with Crippen LogP contribution in [0.15, 0.2) is 60.7 Å². The van der Waals surface area contributed by atoms with Gasteiger partial charge in [0.2, 0.25) is 5.91 Å². The zero-order valence-electron chi connectivity index (χ0n) is 16.7. The van der Waals surface area contributed by atoms with Crippen molar-refractivity contribution in [2.75, 3.05) is 37.7 Å². The number of sulfone groups is 1. The molecule has 2 fully saturated rings. The van der Waals surface area contributed by atoms with Gasteiger partial charge in [0.05, 0.1) is 37.7 Å². The molecule has 1 amide bonds. The summed E-state index contributed by atoms with van der Waals surface area (Å²) in [5.74, 6) is 0.522. The maximum Gasteiger partial charge on any atom is 0.223 e. The van der Waals surface area contributed by atoms with Gasteiger partial charge in [0.15, 0.2) is 9.84 Å². The molecule has 1 N–H and O–H groups in total. The Balaban J connectivity index is 1.41. The number of carbonyl (C=O) groups is 1. The summed E-state index contributed by atoms with van der Waals surface area (Å²) in [5, 5.41) is 0. The molecule has 0 radical (unpaired) electrons. The van der Waals surface area contributed by atoms with Gasteiger partial charge < -0.3 is 9.80 Å². The number of hydrogen-bond acceptors (Lipinski definition) is 3. The van der Waals surface area contributed by atoms with Crippen molar-refractivity contribution >= 4 is 15.7 Å². The number of hydrogen-bond donors (Lipinski definition) is 1. The van der Waals surface area contributed by atoms with Gasteiger partial charge in [0.1, 0.15) is 6.04 Å². The van der Waals surface area contributed by atoms with Crippen LogP contribution in [0, 0.1) is 5.92 Å². The second-order valence-electron chi connectivity index (χ2n) is 8.27. The Bertz CT molecular complexity index is 884. The highest BCUT2D eigenvalue weighted by molar-refractivity contribution is 7.91. The molecule has 0 unspecified atom stereocenters. The molecule has 2 heterocycles. The molecule has 154 valence electrons. The number of rotatable bonds is 5. The molecule has 6 heteroatoms. The van der Waals surface area contributed by atoms with E-state index in [1.54, 1.807) is 0 Å². The Morgan fingerprint density at radius 1 is 0.966 bits per heavy atom. The van der Waals surface area contributed by atoms with Crippen LogP contribution in [0.25, 0.3) is 0 Å². The van der Waals surface area contributed by atoms with Crippen LogP contribution >= 0.6 is 0 Å². The summed E-state index contributed by atoms with van der Waals surface area (Å²) >= 11 is 0. The average molecular weight is 414 g/mol. The largest absolute Gasteiger partial charge is 0.331 e. The number of amides is 1. The average Bonchev–Trinajstić information content (AvgIpc) is 3.08. The second kappa shape index (κ2) is 8.67. The van der Waals surface area contributed by atoms with Gasteiger partial charge in [-0.3, -0.25) is 4.79 Å². The monoisotopic (exact) mass is 413 g/mol. The molecule has 2 saturated heterocycles. The fourth-order valence-corrected chi connectivity index (χ4v) is 6.56. The third kappa shape index (κ3) is 4.87. The summed E-state index contributed by atoms with van der Waals surface area (Å²) in [7, 11) is -2.93. The zero-order valence-corrected chi connectivity index (χ0v) is 17.5. The van der Waals surface area contributed by atoms with Gasteiger partial charge in [-0.1, -0.05) is 60.7 Å². The Morgan fingerprint density at radius 3 is 2.00 bits per heavy atom. The summed E-state index contributed by atoms with van der Waals surface area (Å²) in [6.07, 6.45) is 0.999. The van der Waals surface area contributed by atoms with Crippen LogP contribution in [-0.2, 0) is 14.6 Å². The molecule has 2 aromatic carbocycles. The standard InChI is InChI=1S/C23H28N2O3S/c26-22(17-19-11-16-29(27,28)18-19)24-12-14-25(15-13-24)23(20-7-3-1-4-8-20)21-9-5-2-6-10-21/h1-10,19,23H,11-18H2/p+1/t19-/m0/s1. The van der Waals surface area contributed by atoms with E-state index < -0.39 is 9.84 Å². The van der Waals surface area contributed by atoms with Crippen molar-refractivity contribution in [3.05, 3.63) is 71.8 Å². The number of carbonyl (C=O) groups excluding carboxylic acids is 1. The molecular weight excluding hydrogens is 384 g/mol. The first-order valence-corrected chi connectivity index (χ1v) is 12.3. The van der Waals surface area contributed by atoms with Crippen LogP contribution in [0.4, 0.5) is 0 Å². The lowest BCUT2D eigenvalue weighted by Gasteiger charge is -2.37. The minimum absolute atomic E-state index is 0.000683. The van der Waals surface area contributed by atoms with Crippen molar-refractivity contribution in [2.45, 2.75) is 18.9 Å². The number of benzene rings is 2. The molecule has 2 aromatic rings. The molecule has 0 aliphatic carbocycles. The van der Waals surface area contributed by atoms with E-state index in [1.165, 1.54) is 16.0 Å². The number of quaternary nitrogens is 1. The third-order valence-corrected chi connectivity index (χ3v) is 8.06. The number of nitrogens with one attached hydrogen (secondary N) is 1. The molecule has 0 aromatic heterocycles. The first-order chi connectivity index (χ1) is 14.0. The number of piperazine rings is 1. The smallest absolute Gasteiger partial charge is 0.223 e. The topological polar surface area (TPSA) is 58.9 Å². The summed E-state index contributed by atoms with van der Waals surface area (Å²) in [6.45, 7) is 3.24. The maximum atomic E-state index is 12.7. The van der Waals surface area contributed by atoms with Gasteiger partial charge in [0, 0.05) is 17.5 Å². The Morgan fingerprint density at radius 2 is 1.52 bits per heavy atom. The summed E-state index contributed by atoms with van der Waals surface area (Å²) in [4.78, 5) is 16.1. The summed E-state index contributed by atoms with van der Waals surface area (Å²) in [5.41, 5.74) is 2.59. The SMILES string of the molecule is O=C(C[C@@H]1CCS(=O)(=O)C1)N1CC[NH+](C(c2ccccc2)c2ccccc2)CC1. The normalized spacial score (nSPS) is 22.1. The van der Waals surface area contributed by atoms with E-state index in [4.69, 9.17) is 0 Å². The molecule has 0 spiro atoms. The minimum Gasteiger partial charge on any atom is -0.331 e. The van der Waals surface area contributed by atoms with Gasteiger partial charge in [-0.2, -0.15) is 0 Å². The Kier molecular flexibility index (Phi) is 6.01. The lowest BCUT2D eigenvalue weighted by Crippen LogP contribution is -3.15. The van der Waals surface area contributed by atoms with Gasteiger partial charge in [-0.15, -0.1) is 0 Å². The van der Waals surface area contributed by atoms with Gasteiger partial charge >= 0.3 is 0 Å². The lowest BCUT2D eigenvalue weighted by atomic mass is 9.96. The highest BCUT2D eigenvalue weighted by Crippen LogP contribution is 2.23. The van der Waals surface area contributed by atoms with E-state index in [9.17, 15) is 13.2 Å². The van der Waals surface area contributed by atoms with Gasteiger partial charge in [0.25, 0.3) is 0 Å². The number of nitrogens with zero attached hydrogens (tertiary/aromatic N) is 1. The quantitative estimate of drug-likeness (QED) is 0.805. The second-order valence-corrected chi connectivity index (χ2v) is 10.5. The van der Waals surface area contributed by atoms with Crippen LogP contribution in [0.3, 0.4) is 0 Å². The molecule has 2 aliphatic heterocycles. The summed E-state index contributed by atoms with van der Waals surface area (Å²) < 4.78 is 23.3. The molecule has 5 nitrogen and oxygen atoms in total. The molecule has 1 atom stereocenters. The van der Waals surface area contributed by atoms with Crippen molar-refractivity contribution in [3.63, 3.8) is 0 Å². The maximum absolute atomic E-state index is 12.7. The van der Waals surface area contributed by atoms with E-state index in [-0.39, 0.29) is 29.4 Å². The van der Waals surface area contributed by atoms with Crippen molar-refractivity contribution in [1.29, 1.82) is 0 Å². The highest BCUT2D eigenvalue weighted by atomic mass is 32.2. The van der Waals surface area contributed by atoms with E-state index in [2.05, 4.69) is 48.5 Å². The van der Waals surface area contributed by atoms with Gasteiger partial charge in [-0.05, 0) is 12.3 Å². The third-order valence-electron chi connectivity index (χ3n) is 6.22. The van der Waals surface area contributed by atoms with E-state index in [0.29, 0.717) is 12.8 Å². The predicted molar refractivity (Wildman–Crippen MR) is 113 cm³/mol. The first kappa shape index (κ1) is 20.1.